The van der Waals surface area contributed by atoms with Gasteiger partial charge in [0, 0.05) is 18.6 Å². The number of aromatic nitrogens is 5. The van der Waals surface area contributed by atoms with Crippen molar-refractivity contribution >= 4 is 0 Å². The number of benzene rings is 1. The van der Waals surface area contributed by atoms with Crippen LogP contribution in [0, 0.1) is 0 Å². The van der Waals surface area contributed by atoms with Crippen molar-refractivity contribution in [3.63, 3.8) is 0 Å². The standard InChI is InChI=1S/C16H19N5/c1-14(12-20-11-5-10-17-20)21-13-16(18-19-21)9-8-15-6-3-2-4-7-15/h2-7,10-11,13-14H,8-9,12H2,1H3/t14-/m0/s1. The molecule has 0 unspecified atom stereocenters. The first kappa shape index (κ1) is 13.5. The molecule has 2 heterocycles. The Kier molecular flexibility index (Phi) is 4.09. The summed E-state index contributed by atoms with van der Waals surface area (Å²) in [4.78, 5) is 0. The molecule has 0 radical (unpaired) electrons. The van der Waals surface area contributed by atoms with Crippen molar-refractivity contribution in [1.29, 1.82) is 0 Å². The lowest BCUT2D eigenvalue weighted by molar-refractivity contribution is 0.397. The van der Waals surface area contributed by atoms with Crippen LogP contribution >= 0.6 is 0 Å². The summed E-state index contributed by atoms with van der Waals surface area (Å²) in [6.07, 6.45) is 7.70. The Morgan fingerprint density at radius 2 is 1.95 bits per heavy atom. The molecule has 0 aliphatic carbocycles. The Labute approximate surface area is 124 Å². The molecule has 3 aromatic rings. The molecule has 0 N–H and O–H groups in total. The number of rotatable bonds is 6. The van der Waals surface area contributed by atoms with Gasteiger partial charge in [-0.1, -0.05) is 35.5 Å². The van der Waals surface area contributed by atoms with Crippen LogP contribution in [0.1, 0.15) is 24.2 Å². The van der Waals surface area contributed by atoms with Gasteiger partial charge >= 0.3 is 0 Å². The predicted molar refractivity (Wildman–Crippen MR) is 80.8 cm³/mol. The molecule has 1 aromatic carbocycles. The molecule has 0 saturated heterocycles. The van der Waals surface area contributed by atoms with Crippen molar-refractivity contribution in [2.45, 2.75) is 32.4 Å². The third kappa shape index (κ3) is 3.56. The first-order valence-electron chi connectivity index (χ1n) is 7.23. The minimum atomic E-state index is 0.239. The maximum Gasteiger partial charge on any atom is 0.0830 e. The normalized spacial score (nSPS) is 12.4. The van der Waals surface area contributed by atoms with E-state index in [1.165, 1.54) is 5.56 Å². The summed E-state index contributed by atoms with van der Waals surface area (Å²) < 4.78 is 3.83. The van der Waals surface area contributed by atoms with Crippen molar-refractivity contribution < 1.29 is 0 Å². The minimum absolute atomic E-state index is 0.239. The van der Waals surface area contributed by atoms with Gasteiger partial charge in [-0.25, -0.2) is 4.68 Å². The molecule has 108 valence electrons. The molecule has 0 aliphatic heterocycles. The molecule has 0 fully saturated rings. The number of nitrogens with zero attached hydrogens (tertiary/aromatic N) is 5. The number of hydrogen-bond donors (Lipinski definition) is 0. The second-order valence-electron chi connectivity index (χ2n) is 5.25. The van der Waals surface area contributed by atoms with Gasteiger partial charge in [-0.3, -0.25) is 4.68 Å². The van der Waals surface area contributed by atoms with E-state index >= 15 is 0 Å². The Balaban J connectivity index is 1.58. The first-order valence-corrected chi connectivity index (χ1v) is 7.23. The summed E-state index contributed by atoms with van der Waals surface area (Å²) in [5, 5.41) is 12.7. The van der Waals surface area contributed by atoms with Crippen molar-refractivity contribution in [1.82, 2.24) is 24.8 Å². The third-order valence-corrected chi connectivity index (χ3v) is 3.53. The molecule has 1 atom stereocenters. The van der Waals surface area contributed by atoms with Crippen LogP contribution in [0.2, 0.25) is 0 Å². The fraction of sp³-hybridized carbons (Fsp3) is 0.312. The van der Waals surface area contributed by atoms with Gasteiger partial charge in [0.15, 0.2) is 0 Å². The van der Waals surface area contributed by atoms with Gasteiger partial charge in [-0.15, -0.1) is 5.10 Å². The number of aryl methyl sites for hydroxylation is 2. The van der Waals surface area contributed by atoms with E-state index in [1.807, 2.05) is 33.9 Å². The largest absolute Gasteiger partial charge is 0.271 e. The van der Waals surface area contributed by atoms with E-state index < -0.39 is 0 Å². The van der Waals surface area contributed by atoms with E-state index in [4.69, 9.17) is 0 Å². The van der Waals surface area contributed by atoms with Crippen LogP contribution in [-0.4, -0.2) is 24.8 Å². The van der Waals surface area contributed by atoms with Gasteiger partial charge in [0.05, 0.1) is 18.3 Å². The van der Waals surface area contributed by atoms with Crippen molar-refractivity contribution in [3.05, 3.63) is 66.2 Å². The molecule has 0 spiro atoms. The van der Waals surface area contributed by atoms with Gasteiger partial charge in [0.25, 0.3) is 0 Å². The molecular weight excluding hydrogens is 262 g/mol. The summed E-state index contributed by atoms with van der Waals surface area (Å²) in [6.45, 7) is 2.92. The summed E-state index contributed by atoms with van der Waals surface area (Å²) in [7, 11) is 0. The lowest BCUT2D eigenvalue weighted by atomic mass is 10.1. The first-order chi connectivity index (χ1) is 10.3. The van der Waals surface area contributed by atoms with Crippen LogP contribution in [0.5, 0.6) is 0 Å². The molecule has 5 heteroatoms. The molecule has 3 rings (SSSR count). The monoisotopic (exact) mass is 281 g/mol. The zero-order valence-electron chi connectivity index (χ0n) is 12.1. The minimum Gasteiger partial charge on any atom is -0.271 e. The highest BCUT2D eigenvalue weighted by atomic mass is 15.4. The van der Waals surface area contributed by atoms with Gasteiger partial charge in [0.2, 0.25) is 0 Å². The second-order valence-corrected chi connectivity index (χ2v) is 5.25. The summed E-state index contributed by atoms with van der Waals surface area (Å²) >= 11 is 0. The summed E-state index contributed by atoms with van der Waals surface area (Å²) in [5.41, 5.74) is 2.36. The van der Waals surface area contributed by atoms with Crippen LogP contribution in [-0.2, 0) is 19.4 Å². The molecular formula is C16H19N5. The van der Waals surface area contributed by atoms with E-state index in [9.17, 15) is 0 Å². The SMILES string of the molecule is C[C@@H](Cn1cccn1)n1cc(CCc2ccccc2)nn1. The fourth-order valence-electron chi connectivity index (χ4n) is 2.32. The average molecular weight is 281 g/mol. The Morgan fingerprint density at radius 1 is 1.10 bits per heavy atom. The van der Waals surface area contributed by atoms with Crippen molar-refractivity contribution in [2.75, 3.05) is 0 Å². The Hall–Kier alpha value is -2.43. The molecule has 0 amide bonds. The average Bonchev–Trinajstić information content (AvgIpc) is 3.17. The Morgan fingerprint density at radius 3 is 2.71 bits per heavy atom. The molecule has 2 aromatic heterocycles. The highest BCUT2D eigenvalue weighted by molar-refractivity contribution is 5.15. The summed E-state index contributed by atoms with van der Waals surface area (Å²) in [6, 6.07) is 12.6. The van der Waals surface area contributed by atoms with Gasteiger partial charge < -0.3 is 0 Å². The van der Waals surface area contributed by atoms with Crippen LogP contribution < -0.4 is 0 Å². The topological polar surface area (TPSA) is 48.5 Å². The predicted octanol–water partition coefficient (Wildman–Crippen LogP) is 2.52. The molecule has 0 saturated carbocycles. The van der Waals surface area contributed by atoms with E-state index in [0.29, 0.717) is 0 Å². The highest BCUT2D eigenvalue weighted by Gasteiger charge is 2.09. The Bertz CT molecular complexity index is 657. The fourth-order valence-corrected chi connectivity index (χ4v) is 2.32. The lowest BCUT2D eigenvalue weighted by Gasteiger charge is -2.10. The molecule has 0 aliphatic rings. The van der Waals surface area contributed by atoms with Crippen LogP contribution in [0.3, 0.4) is 0 Å². The maximum absolute atomic E-state index is 4.26. The van der Waals surface area contributed by atoms with E-state index in [-0.39, 0.29) is 6.04 Å². The second kappa shape index (κ2) is 6.35. The zero-order valence-corrected chi connectivity index (χ0v) is 12.1. The quantitative estimate of drug-likeness (QED) is 0.697. The van der Waals surface area contributed by atoms with Crippen LogP contribution in [0.25, 0.3) is 0 Å². The maximum atomic E-state index is 4.26. The van der Waals surface area contributed by atoms with Crippen molar-refractivity contribution in [3.8, 4) is 0 Å². The van der Waals surface area contributed by atoms with E-state index in [1.54, 1.807) is 6.20 Å². The number of hydrogen-bond acceptors (Lipinski definition) is 3. The van der Waals surface area contributed by atoms with Gasteiger partial charge in [0.1, 0.15) is 0 Å². The van der Waals surface area contributed by atoms with Crippen LogP contribution in [0.4, 0.5) is 0 Å². The lowest BCUT2D eigenvalue weighted by Crippen LogP contribution is -2.14. The van der Waals surface area contributed by atoms with Crippen molar-refractivity contribution in [2.24, 2.45) is 0 Å². The third-order valence-electron chi connectivity index (χ3n) is 3.53. The summed E-state index contributed by atoms with van der Waals surface area (Å²) in [5.74, 6) is 0. The molecule has 0 bridgehead atoms. The van der Waals surface area contributed by atoms with Crippen LogP contribution in [0.15, 0.2) is 55.0 Å². The zero-order chi connectivity index (χ0) is 14.5. The van der Waals surface area contributed by atoms with E-state index in [0.717, 1.165) is 25.1 Å². The molecule has 5 nitrogen and oxygen atoms in total. The smallest absolute Gasteiger partial charge is 0.0830 e. The highest BCUT2D eigenvalue weighted by Crippen LogP contribution is 2.09. The van der Waals surface area contributed by atoms with E-state index in [2.05, 4.69) is 46.6 Å². The van der Waals surface area contributed by atoms with Gasteiger partial charge in [-0.2, -0.15) is 5.10 Å². The molecule has 21 heavy (non-hydrogen) atoms. The van der Waals surface area contributed by atoms with Gasteiger partial charge in [-0.05, 0) is 31.4 Å².